The number of nitrogens with one attached hydrogen (secondary N) is 2. The molecule has 2 rings (SSSR count). The van der Waals surface area contributed by atoms with E-state index in [2.05, 4.69) is 10.0 Å². The van der Waals surface area contributed by atoms with Gasteiger partial charge >= 0.3 is 0 Å². The van der Waals surface area contributed by atoms with Crippen molar-refractivity contribution in [1.82, 2.24) is 4.72 Å². The highest BCUT2D eigenvalue weighted by atomic mass is 35.5. The first-order chi connectivity index (χ1) is 12.2. The molecule has 1 heterocycles. The zero-order chi connectivity index (χ0) is 19.3. The number of sulfonamides is 1. The van der Waals surface area contributed by atoms with Crippen molar-refractivity contribution in [2.45, 2.75) is 6.42 Å². The standard InChI is InChI=1S/C16H19ClN2O5S2/c1-23-13-9-14(24-2)12(8-11(13)17)19-16(20)15-5-4-10(25-15)6-7-18-26(3,21)22/h4-5,8-9,18H,6-7H2,1-3H3,(H,19,20). The van der Waals surface area contributed by atoms with E-state index in [9.17, 15) is 13.2 Å². The third-order valence-corrected chi connectivity index (χ3v) is 5.51. The number of hydrogen-bond donors (Lipinski definition) is 2. The summed E-state index contributed by atoms with van der Waals surface area (Å²) in [7, 11) is -0.250. The molecule has 10 heteroatoms. The molecule has 0 spiro atoms. The molecule has 7 nitrogen and oxygen atoms in total. The third kappa shape index (κ3) is 5.60. The molecule has 0 unspecified atom stereocenters. The minimum Gasteiger partial charge on any atom is -0.495 e. The van der Waals surface area contributed by atoms with Crippen LogP contribution >= 0.6 is 22.9 Å². The van der Waals surface area contributed by atoms with Gasteiger partial charge in [-0.25, -0.2) is 13.1 Å². The van der Waals surface area contributed by atoms with E-state index < -0.39 is 10.0 Å². The lowest BCUT2D eigenvalue weighted by Gasteiger charge is -2.12. The summed E-state index contributed by atoms with van der Waals surface area (Å²) in [6.07, 6.45) is 1.61. The van der Waals surface area contributed by atoms with Crippen molar-refractivity contribution in [3.05, 3.63) is 39.0 Å². The lowest BCUT2D eigenvalue weighted by atomic mass is 10.2. The minimum atomic E-state index is -3.22. The maximum Gasteiger partial charge on any atom is 0.265 e. The molecule has 1 amide bonds. The van der Waals surface area contributed by atoms with Gasteiger partial charge in [-0.1, -0.05) is 11.6 Å². The Morgan fingerprint density at radius 3 is 2.50 bits per heavy atom. The second kappa shape index (κ2) is 8.72. The Labute approximate surface area is 161 Å². The van der Waals surface area contributed by atoms with Gasteiger partial charge < -0.3 is 14.8 Å². The van der Waals surface area contributed by atoms with Crippen molar-refractivity contribution in [2.75, 3.05) is 32.3 Å². The Morgan fingerprint density at radius 2 is 1.88 bits per heavy atom. The van der Waals surface area contributed by atoms with Gasteiger partial charge in [0, 0.05) is 17.5 Å². The van der Waals surface area contributed by atoms with Gasteiger partial charge in [-0.3, -0.25) is 4.79 Å². The predicted octanol–water partition coefficient (Wildman–Crippen LogP) is 2.76. The van der Waals surface area contributed by atoms with E-state index in [0.29, 0.717) is 33.5 Å². The zero-order valence-electron chi connectivity index (χ0n) is 14.5. The fraction of sp³-hybridized carbons (Fsp3) is 0.312. The number of thiophene rings is 1. The summed E-state index contributed by atoms with van der Waals surface area (Å²) >= 11 is 7.39. The smallest absolute Gasteiger partial charge is 0.265 e. The lowest BCUT2D eigenvalue weighted by molar-refractivity contribution is 0.103. The highest BCUT2D eigenvalue weighted by molar-refractivity contribution is 7.88. The molecule has 1 aromatic heterocycles. The number of rotatable bonds is 8. The number of anilines is 1. The van der Waals surface area contributed by atoms with Gasteiger partial charge in [0.05, 0.1) is 36.1 Å². The van der Waals surface area contributed by atoms with Gasteiger partial charge in [-0.05, 0) is 24.6 Å². The second-order valence-electron chi connectivity index (χ2n) is 5.32. The Morgan fingerprint density at radius 1 is 1.19 bits per heavy atom. The number of ether oxygens (including phenoxy) is 2. The molecule has 0 saturated heterocycles. The van der Waals surface area contributed by atoms with Crippen LogP contribution in [0.15, 0.2) is 24.3 Å². The molecule has 1 aromatic carbocycles. The number of methoxy groups -OCH3 is 2. The molecule has 0 bridgehead atoms. The van der Waals surface area contributed by atoms with Crippen LogP contribution in [0.5, 0.6) is 11.5 Å². The molecular weight excluding hydrogens is 400 g/mol. The number of hydrogen-bond acceptors (Lipinski definition) is 6. The Balaban J connectivity index is 2.08. The maximum atomic E-state index is 12.5. The number of carbonyl (C=O) groups excluding carboxylic acids is 1. The van der Waals surface area contributed by atoms with Gasteiger partial charge in [-0.2, -0.15) is 0 Å². The molecule has 0 aliphatic heterocycles. The summed E-state index contributed by atoms with van der Waals surface area (Å²) in [4.78, 5) is 13.8. The van der Waals surface area contributed by atoms with Crippen molar-refractivity contribution in [3.8, 4) is 11.5 Å². The van der Waals surface area contributed by atoms with Crippen LogP contribution in [0.3, 0.4) is 0 Å². The molecule has 0 radical (unpaired) electrons. The SMILES string of the molecule is COc1cc(OC)c(NC(=O)c2ccc(CCNS(C)(=O)=O)s2)cc1Cl. The van der Waals surface area contributed by atoms with E-state index >= 15 is 0 Å². The fourth-order valence-electron chi connectivity index (χ4n) is 2.14. The quantitative estimate of drug-likeness (QED) is 0.687. The topological polar surface area (TPSA) is 93.7 Å². The van der Waals surface area contributed by atoms with Crippen LogP contribution in [0.4, 0.5) is 5.69 Å². The largest absolute Gasteiger partial charge is 0.495 e. The van der Waals surface area contributed by atoms with Crippen LogP contribution in [0.1, 0.15) is 14.5 Å². The monoisotopic (exact) mass is 418 g/mol. The van der Waals surface area contributed by atoms with E-state index in [1.165, 1.54) is 25.6 Å². The lowest BCUT2D eigenvalue weighted by Crippen LogP contribution is -2.24. The van der Waals surface area contributed by atoms with Crippen LogP contribution in [0, 0.1) is 0 Å². The molecule has 0 fully saturated rings. The average molecular weight is 419 g/mol. The van der Waals surface area contributed by atoms with Crippen LogP contribution in [-0.2, 0) is 16.4 Å². The van der Waals surface area contributed by atoms with Crippen LogP contribution in [0.2, 0.25) is 5.02 Å². The summed E-state index contributed by atoms with van der Waals surface area (Å²) in [5.74, 6) is 0.559. The van der Waals surface area contributed by atoms with Crippen molar-refractivity contribution in [3.63, 3.8) is 0 Å². The van der Waals surface area contributed by atoms with E-state index in [0.717, 1.165) is 11.1 Å². The fourth-order valence-corrected chi connectivity index (χ4v) is 3.75. The summed E-state index contributed by atoms with van der Waals surface area (Å²) < 4.78 is 34.9. The minimum absolute atomic E-state index is 0.280. The normalized spacial score (nSPS) is 11.2. The average Bonchev–Trinajstić information content (AvgIpc) is 3.03. The number of benzene rings is 1. The summed E-state index contributed by atoms with van der Waals surface area (Å²) in [5, 5.41) is 3.11. The van der Waals surface area contributed by atoms with Gasteiger partial charge in [0.25, 0.3) is 5.91 Å². The predicted molar refractivity (Wildman–Crippen MR) is 103 cm³/mol. The highest BCUT2D eigenvalue weighted by Gasteiger charge is 2.15. The van der Waals surface area contributed by atoms with Crippen molar-refractivity contribution >= 4 is 44.6 Å². The van der Waals surface area contributed by atoms with E-state index in [-0.39, 0.29) is 12.5 Å². The van der Waals surface area contributed by atoms with Gasteiger partial charge in [0.15, 0.2) is 0 Å². The van der Waals surface area contributed by atoms with Gasteiger partial charge in [-0.15, -0.1) is 11.3 Å². The molecule has 26 heavy (non-hydrogen) atoms. The molecule has 0 aliphatic rings. The number of halogens is 1. The molecule has 2 N–H and O–H groups in total. The zero-order valence-corrected chi connectivity index (χ0v) is 16.8. The summed E-state index contributed by atoms with van der Waals surface area (Å²) in [5.41, 5.74) is 0.428. The molecule has 2 aromatic rings. The third-order valence-electron chi connectivity index (χ3n) is 3.34. The Kier molecular flexibility index (Phi) is 6.87. The molecule has 142 valence electrons. The van der Waals surface area contributed by atoms with Gasteiger partial charge in [0.1, 0.15) is 11.5 Å². The summed E-state index contributed by atoms with van der Waals surface area (Å²) in [6, 6.07) is 6.63. The maximum absolute atomic E-state index is 12.5. The molecular formula is C16H19ClN2O5S2. The second-order valence-corrected chi connectivity index (χ2v) is 8.73. The van der Waals surface area contributed by atoms with Crippen LogP contribution in [-0.4, -0.2) is 41.3 Å². The van der Waals surface area contributed by atoms with Crippen LogP contribution < -0.4 is 19.5 Å². The molecule has 0 saturated carbocycles. The highest BCUT2D eigenvalue weighted by Crippen LogP contribution is 2.36. The Bertz CT molecular complexity index is 896. The first-order valence-corrected chi connectivity index (χ1v) is 10.6. The van der Waals surface area contributed by atoms with Crippen LogP contribution in [0.25, 0.3) is 0 Å². The number of amides is 1. The van der Waals surface area contributed by atoms with E-state index in [1.54, 1.807) is 24.3 Å². The molecule has 0 aliphatic carbocycles. The van der Waals surface area contributed by atoms with E-state index in [4.69, 9.17) is 21.1 Å². The first kappa shape index (κ1) is 20.5. The number of carbonyl (C=O) groups is 1. The molecule has 0 atom stereocenters. The van der Waals surface area contributed by atoms with Crippen molar-refractivity contribution in [2.24, 2.45) is 0 Å². The van der Waals surface area contributed by atoms with Crippen molar-refractivity contribution < 1.29 is 22.7 Å². The Hall–Kier alpha value is -1.81. The van der Waals surface area contributed by atoms with E-state index in [1.807, 2.05) is 0 Å². The van der Waals surface area contributed by atoms with Gasteiger partial charge in [0.2, 0.25) is 10.0 Å². The summed E-state index contributed by atoms with van der Waals surface area (Å²) in [6.45, 7) is 0.280. The van der Waals surface area contributed by atoms with Crippen molar-refractivity contribution in [1.29, 1.82) is 0 Å². The first-order valence-electron chi connectivity index (χ1n) is 7.49.